The van der Waals surface area contributed by atoms with Gasteiger partial charge < -0.3 is 15.4 Å². The van der Waals surface area contributed by atoms with E-state index in [0.29, 0.717) is 30.3 Å². The van der Waals surface area contributed by atoms with Gasteiger partial charge in [-0.2, -0.15) is 0 Å². The number of carbonyl (C=O) groups excluding carboxylic acids is 2. The van der Waals surface area contributed by atoms with Crippen LogP contribution in [0.2, 0.25) is 0 Å². The Morgan fingerprint density at radius 1 is 1.06 bits per heavy atom. The third kappa shape index (κ3) is 6.53. The van der Waals surface area contributed by atoms with Crippen molar-refractivity contribution in [3.05, 3.63) is 76.8 Å². The lowest BCUT2D eigenvalue weighted by atomic mass is 10.1. The van der Waals surface area contributed by atoms with Gasteiger partial charge in [0.1, 0.15) is 18.9 Å². The fraction of sp³-hybridized carbons (Fsp3) is 0.217. The summed E-state index contributed by atoms with van der Waals surface area (Å²) in [7, 11) is 0. The van der Waals surface area contributed by atoms with E-state index in [4.69, 9.17) is 4.74 Å². The number of aryl methyl sites for hydroxylation is 1. The number of ether oxygens (including phenoxy) is 1. The molecule has 0 saturated carbocycles. The summed E-state index contributed by atoms with van der Waals surface area (Å²) in [5.74, 6) is 0.169. The predicted octanol–water partition coefficient (Wildman–Crippen LogP) is 2.37. The minimum absolute atomic E-state index is 0.110. The molecule has 0 bridgehead atoms. The highest BCUT2D eigenvalue weighted by atomic mass is 16.5. The van der Waals surface area contributed by atoms with E-state index in [9.17, 15) is 14.4 Å². The van der Waals surface area contributed by atoms with Crippen LogP contribution in [0.1, 0.15) is 12.5 Å². The lowest BCUT2D eigenvalue weighted by Crippen LogP contribution is -2.27. The fourth-order valence-electron chi connectivity index (χ4n) is 2.81. The van der Waals surface area contributed by atoms with Gasteiger partial charge in [-0.25, -0.2) is 4.98 Å². The molecule has 0 aliphatic rings. The van der Waals surface area contributed by atoms with Crippen LogP contribution in [0.4, 0.5) is 5.69 Å². The Morgan fingerprint density at radius 3 is 2.42 bits per heavy atom. The summed E-state index contributed by atoms with van der Waals surface area (Å²) < 4.78 is 6.76. The highest BCUT2D eigenvalue weighted by Gasteiger charge is 2.08. The normalized spacial score (nSPS) is 10.4. The van der Waals surface area contributed by atoms with E-state index in [1.54, 1.807) is 24.3 Å². The molecular weight excluding hydrogens is 396 g/mol. The maximum absolute atomic E-state index is 12.4. The number of nitrogens with one attached hydrogen (secondary N) is 2. The third-order valence-corrected chi connectivity index (χ3v) is 4.42. The summed E-state index contributed by atoms with van der Waals surface area (Å²) in [6.45, 7) is 4.05. The maximum atomic E-state index is 12.4. The lowest BCUT2D eigenvalue weighted by molar-refractivity contribution is -0.119. The number of hydrogen-bond donors (Lipinski definition) is 2. The first kappa shape index (κ1) is 21.8. The molecule has 1 heterocycles. The number of carbonyl (C=O) groups is 2. The van der Waals surface area contributed by atoms with Crippen LogP contribution in [0.15, 0.2) is 65.7 Å². The second-order valence-electron chi connectivity index (χ2n) is 7.01. The average Bonchev–Trinajstić information content (AvgIpc) is 2.74. The highest BCUT2D eigenvalue weighted by Crippen LogP contribution is 2.16. The zero-order chi connectivity index (χ0) is 22.2. The number of anilines is 1. The molecule has 0 fully saturated rings. The molecule has 0 spiro atoms. The molecule has 3 rings (SSSR count). The molecule has 2 N–H and O–H groups in total. The van der Waals surface area contributed by atoms with E-state index in [-0.39, 0.29) is 23.9 Å². The molecular formula is C23H24N4O4. The van der Waals surface area contributed by atoms with E-state index in [1.807, 2.05) is 31.2 Å². The lowest BCUT2D eigenvalue weighted by Gasteiger charge is -2.10. The second-order valence-corrected chi connectivity index (χ2v) is 7.01. The van der Waals surface area contributed by atoms with E-state index < -0.39 is 0 Å². The van der Waals surface area contributed by atoms with Gasteiger partial charge in [-0.05, 0) is 31.2 Å². The number of nitrogens with zero attached hydrogens (tertiary/aromatic N) is 2. The smallest absolute Gasteiger partial charge is 0.254 e. The van der Waals surface area contributed by atoms with Gasteiger partial charge in [-0.3, -0.25) is 19.0 Å². The van der Waals surface area contributed by atoms with Crippen molar-refractivity contribution in [3.8, 4) is 17.0 Å². The van der Waals surface area contributed by atoms with Crippen molar-refractivity contribution in [2.75, 3.05) is 18.5 Å². The maximum Gasteiger partial charge on any atom is 0.254 e. The van der Waals surface area contributed by atoms with Crippen LogP contribution < -0.4 is 20.9 Å². The van der Waals surface area contributed by atoms with Crippen molar-refractivity contribution in [3.63, 3.8) is 0 Å². The van der Waals surface area contributed by atoms with E-state index in [0.717, 1.165) is 11.1 Å². The second kappa shape index (κ2) is 10.2. The molecule has 3 aromatic rings. The van der Waals surface area contributed by atoms with Crippen LogP contribution in [0.3, 0.4) is 0 Å². The Balaban J connectivity index is 1.55. The zero-order valence-corrected chi connectivity index (χ0v) is 17.4. The van der Waals surface area contributed by atoms with Crippen LogP contribution in [-0.4, -0.2) is 34.5 Å². The molecule has 2 aromatic carbocycles. The first-order valence-corrected chi connectivity index (χ1v) is 9.81. The topological polar surface area (TPSA) is 102 Å². The molecule has 2 amide bonds. The number of benzene rings is 2. The molecule has 8 heteroatoms. The summed E-state index contributed by atoms with van der Waals surface area (Å²) in [4.78, 5) is 39.8. The summed E-state index contributed by atoms with van der Waals surface area (Å²) in [5.41, 5.74) is 2.81. The Bertz CT molecular complexity index is 1110. The molecule has 160 valence electrons. The molecule has 1 aromatic heterocycles. The Hall–Kier alpha value is -3.94. The van der Waals surface area contributed by atoms with Crippen LogP contribution in [0.25, 0.3) is 11.3 Å². The third-order valence-electron chi connectivity index (χ3n) is 4.42. The van der Waals surface area contributed by atoms with E-state index in [2.05, 4.69) is 15.6 Å². The Labute approximate surface area is 179 Å². The molecule has 0 radical (unpaired) electrons. The molecule has 0 atom stereocenters. The molecule has 0 aliphatic carbocycles. The first-order chi connectivity index (χ1) is 14.9. The SMILES string of the molecule is CC(=O)NCCOc1ccc(NC(=O)Cn2cnc(-c3ccc(C)cc3)cc2=O)cc1. The van der Waals surface area contributed by atoms with E-state index in [1.165, 1.54) is 23.9 Å². The van der Waals surface area contributed by atoms with Gasteiger partial charge in [-0.15, -0.1) is 0 Å². The standard InChI is InChI=1S/C23H24N4O4/c1-16-3-5-18(6-4-16)21-13-23(30)27(15-25-21)14-22(29)26-19-7-9-20(10-8-19)31-12-11-24-17(2)28/h3-10,13,15H,11-12,14H2,1-2H3,(H,24,28)(H,26,29). The Morgan fingerprint density at radius 2 is 1.77 bits per heavy atom. The van der Waals surface area contributed by atoms with Crippen molar-refractivity contribution in [2.45, 2.75) is 20.4 Å². The van der Waals surface area contributed by atoms with Crippen LogP contribution in [0, 0.1) is 6.92 Å². The first-order valence-electron chi connectivity index (χ1n) is 9.81. The van der Waals surface area contributed by atoms with Gasteiger partial charge in [0.25, 0.3) is 5.56 Å². The fourth-order valence-corrected chi connectivity index (χ4v) is 2.81. The van der Waals surface area contributed by atoms with Gasteiger partial charge in [0.15, 0.2) is 0 Å². The summed E-state index contributed by atoms with van der Waals surface area (Å²) in [5, 5.41) is 5.38. The Kier molecular flexibility index (Phi) is 7.16. The van der Waals surface area contributed by atoms with Crippen LogP contribution in [-0.2, 0) is 16.1 Å². The number of hydrogen-bond acceptors (Lipinski definition) is 5. The summed E-state index contributed by atoms with van der Waals surface area (Å²) in [6.07, 6.45) is 1.38. The van der Waals surface area contributed by atoms with Crippen molar-refractivity contribution >= 4 is 17.5 Å². The predicted molar refractivity (Wildman–Crippen MR) is 118 cm³/mol. The highest BCUT2D eigenvalue weighted by molar-refractivity contribution is 5.90. The minimum atomic E-state index is -0.341. The molecule has 8 nitrogen and oxygen atoms in total. The molecule has 0 aliphatic heterocycles. The average molecular weight is 420 g/mol. The molecule has 0 unspecified atom stereocenters. The van der Waals surface area contributed by atoms with Gasteiger partial charge in [0, 0.05) is 24.2 Å². The van der Waals surface area contributed by atoms with Gasteiger partial charge in [-0.1, -0.05) is 29.8 Å². The van der Waals surface area contributed by atoms with Crippen molar-refractivity contribution in [2.24, 2.45) is 0 Å². The molecule has 31 heavy (non-hydrogen) atoms. The zero-order valence-electron chi connectivity index (χ0n) is 17.4. The van der Waals surface area contributed by atoms with Crippen molar-refractivity contribution in [1.29, 1.82) is 0 Å². The van der Waals surface area contributed by atoms with E-state index >= 15 is 0 Å². The van der Waals surface area contributed by atoms with Gasteiger partial charge in [0.2, 0.25) is 11.8 Å². The van der Waals surface area contributed by atoms with Gasteiger partial charge >= 0.3 is 0 Å². The number of amides is 2. The quantitative estimate of drug-likeness (QED) is 0.545. The molecule has 0 saturated heterocycles. The summed E-state index contributed by atoms with van der Waals surface area (Å²) >= 11 is 0. The monoisotopic (exact) mass is 420 g/mol. The minimum Gasteiger partial charge on any atom is -0.492 e. The van der Waals surface area contributed by atoms with Crippen LogP contribution in [0.5, 0.6) is 5.75 Å². The number of aromatic nitrogens is 2. The number of rotatable bonds is 8. The van der Waals surface area contributed by atoms with Crippen molar-refractivity contribution in [1.82, 2.24) is 14.9 Å². The largest absolute Gasteiger partial charge is 0.492 e. The summed E-state index contributed by atoms with van der Waals surface area (Å²) in [6, 6.07) is 16.0. The van der Waals surface area contributed by atoms with Crippen LogP contribution >= 0.6 is 0 Å². The van der Waals surface area contributed by atoms with Gasteiger partial charge in [0.05, 0.1) is 18.6 Å². The van der Waals surface area contributed by atoms with Crippen molar-refractivity contribution < 1.29 is 14.3 Å².